The summed E-state index contributed by atoms with van der Waals surface area (Å²) in [6, 6.07) is 21.0. The molecule has 0 fully saturated rings. The first-order valence-electron chi connectivity index (χ1n) is 10.5. The summed E-state index contributed by atoms with van der Waals surface area (Å²) >= 11 is 5.97. The second-order valence-electron chi connectivity index (χ2n) is 7.58. The zero-order valence-corrected chi connectivity index (χ0v) is 19.4. The summed E-state index contributed by atoms with van der Waals surface area (Å²) in [5.74, 6) is -0.157. The van der Waals surface area contributed by atoms with Crippen molar-refractivity contribution < 1.29 is 19.2 Å². The highest BCUT2D eigenvalue weighted by atomic mass is 35.5. The number of ether oxygens (including phenoxy) is 1. The minimum absolute atomic E-state index is 0.0904. The zero-order valence-electron chi connectivity index (χ0n) is 18.6. The largest absolute Gasteiger partial charge is 0.497 e. The first kappa shape index (κ1) is 23.1. The third-order valence-corrected chi connectivity index (χ3v) is 5.72. The molecular weight excluding hydrogens is 454 g/mol. The van der Waals surface area contributed by atoms with Gasteiger partial charge < -0.3 is 15.3 Å². The maximum absolute atomic E-state index is 13.4. The van der Waals surface area contributed by atoms with Crippen LogP contribution < -0.4 is 10.5 Å². The second kappa shape index (κ2) is 9.80. The molecule has 0 aliphatic rings. The second-order valence-corrected chi connectivity index (χ2v) is 8.01. The number of aromatic nitrogens is 1. The van der Waals surface area contributed by atoms with Crippen molar-refractivity contribution in [2.75, 3.05) is 7.11 Å². The normalized spacial score (nSPS) is 11.4. The van der Waals surface area contributed by atoms with Gasteiger partial charge in [0.05, 0.1) is 19.0 Å². The molecule has 0 spiro atoms. The van der Waals surface area contributed by atoms with E-state index in [4.69, 9.17) is 26.9 Å². The number of nitrogens with zero attached hydrogens (tertiary/aromatic N) is 2. The Balaban J connectivity index is 1.69. The Morgan fingerprint density at radius 2 is 1.71 bits per heavy atom. The summed E-state index contributed by atoms with van der Waals surface area (Å²) in [4.78, 5) is 31.1. The minimum Gasteiger partial charge on any atom is -0.497 e. The van der Waals surface area contributed by atoms with Gasteiger partial charge >= 0.3 is 5.97 Å². The molecule has 0 saturated heterocycles. The highest BCUT2D eigenvalue weighted by Gasteiger charge is 2.22. The van der Waals surface area contributed by atoms with Crippen molar-refractivity contribution in [1.82, 2.24) is 4.57 Å². The molecule has 2 N–H and O–H groups in total. The van der Waals surface area contributed by atoms with Crippen molar-refractivity contribution in [3.05, 3.63) is 100 Å². The molecule has 8 heteroatoms. The van der Waals surface area contributed by atoms with Crippen LogP contribution in [-0.4, -0.2) is 29.4 Å². The molecule has 7 nitrogen and oxygen atoms in total. The molecule has 34 heavy (non-hydrogen) atoms. The van der Waals surface area contributed by atoms with E-state index in [1.54, 1.807) is 73.2 Å². The summed E-state index contributed by atoms with van der Waals surface area (Å²) < 4.78 is 6.93. The number of nitrogens with two attached hydrogens (primary N) is 1. The third-order valence-electron chi connectivity index (χ3n) is 5.47. The van der Waals surface area contributed by atoms with Crippen LogP contribution >= 0.6 is 11.6 Å². The average molecular weight is 476 g/mol. The fraction of sp³-hybridized carbons (Fsp3) is 0.115. The summed E-state index contributed by atoms with van der Waals surface area (Å²) in [6.45, 7) is 1.78. The first-order valence-corrected chi connectivity index (χ1v) is 10.8. The van der Waals surface area contributed by atoms with Gasteiger partial charge in [0.25, 0.3) is 5.91 Å². The summed E-state index contributed by atoms with van der Waals surface area (Å²) in [6.07, 6.45) is -0.109. The Morgan fingerprint density at radius 3 is 2.38 bits per heavy atom. The topological polar surface area (TPSA) is 95.9 Å². The molecule has 0 atom stereocenters. The van der Waals surface area contributed by atoms with Gasteiger partial charge in [0.1, 0.15) is 5.75 Å². The van der Waals surface area contributed by atoms with Gasteiger partial charge in [-0.3, -0.25) is 9.36 Å². The smallest absolute Gasteiger partial charge is 0.339 e. The Kier molecular flexibility index (Phi) is 6.65. The fourth-order valence-corrected chi connectivity index (χ4v) is 3.86. The average Bonchev–Trinajstić information content (AvgIpc) is 3.13. The van der Waals surface area contributed by atoms with E-state index in [1.165, 1.54) is 0 Å². The molecule has 0 aliphatic carbocycles. The van der Waals surface area contributed by atoms with Crippen molar-refractivity contribution in [3.63, 3.8) is 0 Å². The molecule has 0 amide bonds. The first-order chi connectivity index (χ1) is 16.4. The summed E-state index contributed by atoms with van der Waals surface area (Å²) in [5, 5.41) is 5.01. The zero-order chi connectivity index (χ0) is 24.2. The van der Waals surface area contributed by atoms with Crippen LogP contribution in [0.3, 0.4) is 0 Å². The number of fused-ring (bicyclic) bond motifs is 1. The number of carbonyl (C=O) groups excluding carboxylic acids is 2. The van der Waals surface area contributed by atoms with E-state index in [-0.39, 0.29) is 18.2 Å². The predicted octanol–water partition coefficient (Wildman–Crippen LogP) is 4.71. The molecule has 4 aromatic rings. The van der Waals surface area contributed by atoms with Crippen molar-refractivity contribution in [2.24, 2.45) is 10.9 Å². The van der Waals surface area contributed by atoms with Crippen LogP contribution in [0.4, 0.5) is 0 Å². The van der Waals surface area contributed by atoms with Crippen LogP contribution in [0.1, 0.15) is 27.2 Å². The van der Waals surface area contributed by atoms with Crippen molar-refractivity contribution in [3.8, 4) is 5.75 Å². The van der Waals surface area contributed by atoms with E-state index < -0.39 is 5.97 Å². The van der Waals surface area contributed by atoms with E-state index in [2.05, 4.69) is 5.16 Å². The molecule has 1 aromatic heterocycles. The van der Waals surface area contributed by atoms with E-state index in [9.17, 15) is 9.59 Å². The monoisotopic (exact) mass is 475 g/mol. The lowest BCUT2D eigenvalue weighted by atomic mass is 10.1. The summed E-state index contributed by atoms with van der Waals surface area (Å²) in [7, 11) is 1.55. The molecule has 0 unspecified atom stereocenters. The highest BCUT2D eigenvalue weighted by Crippen LogP contribution is 2.31. The van der Waals surface area contributed by atoms with E-state index in [0.717, 1.165) is 0 Å². The van der Waals surface area contributed by atoms with Crippen molar-refractivity contribution in [1.29, 1.82) is 0 Å². The molecule has 4 rings (SSSR count). The maximum atomic E-state index is 13.4. The minimum atomic E-state index is -0.609. The van der Waals surface area contributed by atoms with E-state index in [1.807, 2.05) is 18.2 Å². The molecule has 0 aliphatic heterocycles. The number of methoxy groups -OCH3 is 1. The number of carbonyl (C=O) groups is 2. The van der Waals surface area contributed by atoms with Gasteiger partial charge in [-0.05, 0) is 55.0 Å². The Bertz CT molecular complexity index is 1390. The van der Waals surface area contributed by atoms with Crippen LogP contribution in [-0.2, 0) is 16.1 Å². The van der Waals surface area contributed by atoms with E-state index in [0.29, 0.717) is 44.1 Å². The molecule has 172 valence electrons. The molecule has 1 heterocycles. The highest BCUT2D eigenvalue weighted by molar-refractivity contribution is 6.30. The molecule has 0 bridgehead atoms. The van der Waals surface area contributed by atoms with Gasteiger partial charge in [-0.25, -0.2) is 4.79 Å². The van der Waals surface area contributed by atoms with Crippen LogP contribution in [0, 0.1) is 6.92 Å². The molecule has 0 radical (unpaired) electrons. The standard InChI is InChI=1S/C26H22ClN3O4/c1-16-21(15-24(31)34-29-25(28)17-6-4-3-5-7-17)22-14-20(33-2)12-13-23(22)30(16)26(32)18-8-10-19(27)11-9-18/h3-14H,15H2,1-2H3,(H2,28,29). The number of halogens is 1. The van der Waals surface area contributed by atoms with Gasteiger partial charge in [-0.2, -0.15) is 0 Å². The van der Waals surface area contributed by atoms with Crippen molar-refractivity contribution >= 4 is 40.2 Å². The Labute approximate surface area is 201 Å². The number of hydrogen-bond donors (Lipinski definition) is 1. The van der Waals surface area contributed by atoms with Gasteiger partial charge in [0.2, 0.25) is 0 Å². The molecular formula is C26H22ClN3O4. The van der Waals surface area contributed by atoms with Gasteiger partial charge in [0.15, 0.2) is 5.84 Å². The summed E-state index contributed by atoms with van der Waals surface area (Å²) in [5.41, 5.74) is 8.91. The van der Waals surface area contributed by atoms with Crippen LogP contribution in [0.5, 0.6) is 5.75 Å². The van der Waals surface area contributed by atoms with Gasteiger partial charge in [-0.1, -0.05) is 47.1 Å². The lowest BCUT2D eigenvalue weighted by Crippen LogP contribution is -2.16. The SMILES string of the molecule is COc1ccc2c(c1)c(CC(=O)O/N=C(\N)c1ccccc1)c(C)n2C(=O)c1ccc(Cl)cc1. The number of oxime groups is 1. The van der Waals surface area contributed by atoms with Crippen molar-refractivity contribution in [2.45, 2.75) is 13.3 Å². The maximum Gasteiger partial charge on any atom is 0.339 e. The van der Waals surface area contributed by atoms with Crippen LogP contribution in [0.25, 0.3) is 10.9 Å². The quantitative estimate of drug-likeness (QED) is 0.188. The van der Waals surface area contributed by atoms with Gasteiger partial charge in [0, 0.05) is 27.2 Å². The lowest BCUT2D eigenvalue weighted by Gasteiger charge is -2.08. The van der Waals surface area contributed by atoms with Crippen LogP contribution in [0.15, 0.2) is 78.0 Å². The number of amidine groups is 1. The van der Waals surface area contributed by atoms with Crippen LogP contribution in [0.2, 0.25) is 5.02 Å². The molecule has 0 saturated carbocycles. The van der Waals surface area contributed by atoms with Gasteiger partial charge in [-0.15, -0.1) is 0 Å². The predicted molar refractivity (Wildman–Crippen MR) is 131 cm³/mol. The number of hydrogen-bond acceptors (Lipinski definition) is 5. The molecule has 3 aromatic carbocycles. The fourth-order valence-electron chi connectivity index (χ4n) is 3.73. The third kappa shape index (κ3) is 4.65. The Morgan fingerprint density at radius 1 is 1.00 bits per heavy atom. The lowest BCUT2D eigenvalue weighted by molar-refractivity contribution is -0.142. The Hall–Kier alpha value is -4.10. The number of rotatable bonds is 6. The van der Waals surface area contributed by atoms with E-state index >= 15 is 0 Å². The number of benzene rings is 3.